The van der Waals surface area contributed by atoms with Crippen LogP contribution in [0, 0.1) is 5.92 Å². The highest BCUT2D eigenvalue weighted by atomic mass is 16.5. The van der Waals surface area contributed by atoms with Crippen LogP contribution in [0.25, 0.3) is 0 Å². The van der Waals surface area contributed by atoms with Crippen molar-refractivity contribution in [2.24, 2.45) is 5.92 Å². The monoisotopic (exact) mass is 221 g/mol. The lowest BCUT2D eigenvalue weighted by Gasteiger charge is -2.16. The van der Waals surface area contributed by atoms with E-state index in [-0.39, 0.29) is 6.10 Å². The SMILES string of the molecule is COc1cccc(C2CNCC(C)CO2)c1. The largest absolute Gasteiger partial charge is 0.497 e. The van der Waals surface area contributed by atoms with Gasteiger partial charge in [0.25, 0.3) is 0 Å². The second-order valence-electron chi connectivity index (χ2n) is 4.36. The van der Waals surface area contributed by atoms with Crippen molar-refractivity contribution < 1.29 is 9.47 Å². The Labute approximate surface area is 96.8 Å². The normalized spacial score (nSPS) is 26.1. The Balaban J connectivity index is 2.10. The quantitative estimate of drug-likeness (QED) is 0.828. The van der Waals surface area contributed by atoms with Gasteiger partial charge in [-0.2, -0.15) is 0 Å². The number of benzene rings is 1. The van der Waals surface area contributed by atoms with E-state index in [2.05, 4.69) is 18.3 Å². The molecule has 0 bridgehead atoms. The summed E-state index contributed by atoms with van der Waals surface area (Å²) in [6.45, 7) is 4.91. The first-order chi connectivity index (χ1) is 7.79. The molecule has 1 N–H and O–H groups in total. The average Bonchev–Trinajstić information content (AvgIpc) is 2.54. The number of rotatable bonds is 2. The first kappa shape index (κ1) is 11.4. The second kappa shape index (κ2) is 5.32. The van der Waals surface area contributed by atoms with Crippen LogP contribution in [-0.4, -0.2) is 26.8 Å². The minimum atomic E-state index is 0.139. The maximum atomic E-state index is 5.88. The number of hydrogen-bond acceptors (Lipinski definition) is 3. The van der Waals surface area contributed by atoms with Gasteiger partial charge in [0, 0.05) is 13.1 Å². The molecule has 16 heavy (non-hydrogen) atoms. The molecule has 2 rings (SSSR count). The molecule has 1 aromatic carbocycles. The summed E-state index contributed by atoms with van der Waals surface area (Å²) in [5.41, 5.74) is 1.18. The van der Waals surface area contributed by atoms with Gasteiger partial charge in [-0.15, -0.1) is 0 Å². The van der Waals surface area contributed by atoms with Crippen LogP contribution in [0.5, 0.6) is 5.75 Å². The highest BCUT2D eigenvalue weighted by Crippen LogP contribution is 2.23. The van der Waals surface area contributed by atoms with E-state index in [4.69, 9.17) is 9.47 Å². The van der Waals surface area contributed by atoms with Crippen LogP contribution in [0.1, 0.15) is 18.6 Å². The fourth-order valence-electron chi connectivity index (χ4n) is 1.91. The molecule has 1 aliphatic rings. The van der Waals surface area contributed by atoms with Gasteiger partial charge in [0.05, 0.1) is 19.8 Å². The van der Waals surface area contributed by atoms with E-state index in [9.17, 15) is 0 Å². The smallest absolute Gasteiger partial charge is 0.119 e. The molecule has 2 unspecified atom stereocenters. The topological polar surface area (TPSA) is 30.5 Å². The fraction of sp³-hybridized carbons (Fsp3) is 0.538. The number of nitrogens with one attached hydrogen (secondary N) is 1. The molecule has 1 aliphatic heterocycles. The van der Waals surface area contributed by atoms with Gasteiger partial charge in [-0.1, -0.05) is 19.1 Å². The van der Waals surface area contributed by atoms with E-state index in [1.165, 1.54) is 5.56 Å². The summed E-state index contributed by atoms with van der Waals surface area (Å²) < 4.78 is 11.1. The lowest BCUT2D eigenvalue weighted by atomic mass is 10.1. The molecule has 1 saturated heterocycles. The number of methoxy groups -OCH3 is 1. The van der Waals surface area contributed by atoms with Crippen LogP contribution in [-0.2, 0) is 4.74 Å². The van der Waals surface area contributed by atoms with Crippen LogP contribution < -0.4 is 10.1 Å². The molecule has 0 radical (unpaired) electrons. The summed E-state index contributed by atoms with van der Waals surface area (Å²) >= 11 is 0. The molecule has 0 spiro atoms. The summed E-state index contributed by atoms with van der Waals surface area (Å²) in [7, 11) is 1.69. The fourth-order valence-corrected chi connectivity index (χ4v) is 1.91. The molecule has 0 aromatic heterocycles. The Hall–Kier alpha value is -1.06. The second-order valence-corrected chi connectivity index (χ2v) is 4.36. The Kier molecular flexibility index (Phi) is 3.80. The molecule has 0 amide bonds. The molecular weight excluding hydrogens is 202 g/mol. The Morgan fingerprint density at radius 3 is 3.06 bits per heavy atom. The van der Waals surface area contributed by atoms with Crippen molar-refractivity contribution in [1.29, 1.82) is 0 Å². The third-order valence-corrected chi connectivity index (χ3v) is 2.87. The van der Waals surface area contributed by atoms with Gasteiger partial charge in [-0.3, -0.25) is 0 Å². The van der Waals surface area contributed by atoms with Crippen LogP contribution in [0.2, 0.25) is 0 Å². The van der Waals surface area contributed by atoms with Crippen molar-refractivity contribution >= 4 is 0 Å². The van der Waals surface area contributed by atoms with Gasteiger partial charge in [-0.25, -0.2) is 0 Å². The molecule has 0 saturated carbocycles. The molecule has 88 valence electrons. The van der Waals surface area contributed by atoms with E-state index in [1.807, 2.05) is 18.2 Å². The van der Waals surface area contributed by atoms with Crippen molar-refractivity contribution in [2.75, 3.05) is 26.8 Å². The van der Waals surface area contributed by atoms with Gasteiger partial charge in [0.15, 0.2) is 0 Å². The van der Waals surface area contributed by atoms with Gasteiger partial charge in [-0.05, 0) is 23.6 Å². The summed E-state index contributed by atoms with van der Waals surface area (Å²) in [6.07, 6.45) is 0.139. The lowest BCUT2D eigenvalue weighted by Crippen LogP contribution is -2.22. The van der Waals surface area contributed by atoms with Crippen molar-refractivity contribution in [2.45, 2.75) is 13.0 Å². The minimum Gasteiger partial charge on any atom is -0.497 e. The van der Waals surface area contributed by atoms with Crippen molar-refractivity contribution in [3.63, 3.8) is 0 Å². The lowest BCUT2D eigenvalue weighted by molar-refractivity contribution is 0.0514. The third-order valence-electron chi connectivity index (χ3n) is 2.87. The standard InChI is InChI=1S/C13H19NO2/c1-10-7-14-8-13(16-9-10)11-4-3-5-12(6-11)15-2/h3-6,10,13-14H,7-9H2,1-2H3. The predicted octanol–water partition coefficient (Wildman–Crippen LogP) is 1.99. The first-order valence-corrected chi connectivity index (χ1v) is 5.76. The van der Waals surface area contributed by atoms with E-state index in [0.717, 1.165) is 25.4 Å². The highest BCUT2D eigenvalue weighted by molar-refractivity contribution is 5.30. The van der Waals surface area contributed by atoms with E-state index >= 15 is 0 Å². The van der Waals surface area contributed by atoms with Gasteiger partial charge in [0.2, 0.25) is 0 Å². The van der Waals surface area contributed by atoms with Crippen LogP contribution in [0.3, 0.4) is 0 Å². The van der Waals surface area contributed by atoms with Gasteiger partial charge < -0.3 is 14.8 Å². The zero-order chi connectivity index (χ0) is 11.4. The summed E-state index contributed by atoms with van der Waals surface area (Å²) in [6, 6.07) is 8.09. The molecule has 3 nitrogen and oxygen atoms in total. The highest BCUT2D eigenvalue weighted by Gasteiger charge is 2.17. The van der Waals surface area contributed by atoms with Gasteiger partial charge >= 0.3 is 0 Å². The van der Waals surface area contributed by atoms with Crippen molar-refractivity contribution in [1.82, 2.24) is 5.32 Å². The Morgan fingerprint density at radius 1 is 1.38 bits per heavy atom. The Morgan fingerprint density at radius 2 is 2.25 bits per heavy atom. The predicted molar refractivity (Wildman–Crippen MR) is 63.7 cm³/mol. The van der Waals surface area contributed by atoms with E-state index in [1.54, 1.807) is 7.11 Å². The van der Waals surface area contributed by atoms with Crippen LogP contribution in [0.15, 0.2) is 24.3 Å². The third kappa shape index (κ3) is 2.74. The summed E-state index contributed by atoms with van der Waals surface area (Å²) in [4.78, 5) is 0. The molecular formula is C13H19NO2. The summed E-state index contributed by atoms with van der Waals surface area (Å²) in [5.74, 6) is 1.47. The minimum absolute atomic E-state index is 0.139. The number of ether oxygens (including phenoxy) is 2. The van der Waals surface area contributed by atoms with E-state index in [0.29, 0.717) is 5.92 Å². The molecule has 3 heteroatoms. The zero-order valence-electron chi connectivity index (χ0n) is 9.90. The maximum Gasteiger partial charge on any atom is 0.119 e. The van der Waals surface area contributed by atoms with Crippen LogP contribution >= 0.6 is 0 Å². The molecule has 1 heterocycles. The molecule has 1 fully saturated rings. The Bertz CT molecular complexity index is 340. The van der Waals surface area contributed by atoms with E-state index < -0.39 is 0 Å². The molecule has 2 atom stereocenters. The zero-order valence-corrected chi connectivity index (χ0v) is 9.90. The van der Waals surface area contributed by atoms with Crippen LogP contribution in [0.4, 0.5) is 0 Å². The summed E-state index contributed by atoms with van der Waals surface area (Å²) in [5, 5.41) is 3.42. The molecule has 1 aromatic rings. The first-order valence-electron chi connectivity index (χ1n) is 5.76. The van der Waals surface area contributed by atoms with Crippen molar-refractivity contribution in [3.8, 4) is 5.75 Å². The maximum absolute atomic E-state index is 5.88. The average molecular weight is 221 g/mol. The number of hydrogen-bond donors (Lipinski definition) is 1. The van der Waals surface area contributed by atoms with Crippen molar-refractivity contribution in [3.05, 3.63) is 29.8 Å². The van der Waals surface area contributed by atoms with Gasteiger partial charge in [0.1, 0.15) is 5.75 Å². The molecule has 0 aliphatic carbocycles.